The van der Waals surface area contributed by atoms with E-state index in [0.717, 1.165) is 5.56 Å². The van der Waals surface area contributed by atoms with Gasteiger partial charge in [0.05, 0.1) is 19.8 Å². The molecule has 21 heavy (non-hydrogen) atoms. The van der Waals surface area contributed by atoms with Crippen LogP contribution in [-0.2, 0) is 30.4 Å². The van der Waals surface area contributed by atoms with E-state index >= 15 is 0 Å². The van der Waals surface area contributed by atoms with Crippen LogP contribution < -0.4 is 0 Å². The van der Waals surface area contributed by atoms with Gasteiger partial charge in [-0.15, -0.1) is 0 Å². The van der Waals surface area contributed by atoms with Crippen molar-refractivity contribution < 1.29 is 23.8 Å². The van der Waals surface area contributed by atoms with Gasteiger partial charge in [0.1, 0.15) is 0 Å². The van der Waals surface area contributed by atoms with Gasteiger partial charge >= 0.3 is 11.9 Å². The highest BCUT2D eigenvalue weighted by atomic mass is 16.6. The molecule has 0 N–H and O–H groups in total. The maximum atomic E-state index is 12.2. The summed E-state index contributed by atoms with van der Waals surface area (Å²) in [5.74, 6) is -1.41. The maximum Gasteiger partial charge on any atom is 0.350 e. The van der Waals surface area contributed by atoms with E-state index in [-0.39, 0.29) is 26.2 Å². The average molecular weight is 294 g/mol. The van der Waals surface area contributed by atoms with Crippen LogP contribution in [0.25, 0.3) is 0 Å². The quantitative estimate of drug-likeness (QED) is 0.544. The Hall–Kier alpha value is -1.88. The molecule has 0 aromatic heterocycles. The Bertz CT molecular complexity index is 437. The van der Waals surface area contributed by atoms with Crippen molar-refractivity contribution in [2.75, 3.05) is 13.2 Å². The van der Waals surface area contributed by atoms with Gasteiger partial charge in [-0.1, -0.05) is 37.3 Å². The van der Waals surface area contributed by atoms with Crippen LogP contribution in [-0.4, -0.2) is 30.8 Å². The first-order valence-electron chi connectivity index (χ1n) is 7.13. The Morgan fingerprint density at radius 1 is 0.952 bits per heavy atom. The molecule has 0 atom stereocenters. The van der Waals surface area contributed by atoms with E-state index in [1.165, 1.54) is 0 Å². The van der Waals surface area contributed by atoms with Gasteiger partial charge < -0.3 is 14.2 Å². The highest BCUT2D eigenvalue weighted by molar-refractivity contribution is 6.03. The Labute approximate surface area is 125 Å². The van der Waals surface area contributed by atoms with Crippen molar-refractivity contribution in [3.8, 4) is 0 Å². The first-order valence-corrected chi connectivity index (χ1v) is 7.13. The fourth-order valence-corrected chi connectivity index (χ4v) is 1.87. The standard InChI is InChI=1S/C16H22O5/c1-4-16(14(17)19-5-2,15(18)20-6-3)21-12-13-10-8-7-9-11-13/h7-11H,4-6,12H2,1-3H3. The van der Waals surface area contributed by atoms with Crippen LogP contribution in [0, 0.1) is 0 Å². The summed E-state index contributed by atoms with van der Waals surface area (Å²) in [6.45, 7) is 5.54. The average Bonchev–Trinajstić information content (AvgIpc) is 2.50. The predicted molar refractivity (Wildman–Crippen MR) is 77.5 cm³/mol. The fraction of sp³-hybridized carbons (Fsp3) is 0.500. The zero-order valence-corrected chi connectivity index (χ0v) is 12.8. The highest BCUT2D eigenvalue weighted by Gasteiger charge is 2.49. The predicted octanol–water partition coefficient (Wildman–Crippen LogP) is 2.48. The van der Waals surface area contributed by atoms with Crippen LogP contribution in [0.3, 0.4) is 0 Å². The van der Waals surface area contributed by atoms with Crippen LogP contribution in [0.5, 0.6) is 0 Å². The molecule has 5 heteroatoms. The van der Waals surface area contributed by atoms with E-state index < -0.39 is 17.5 Å². The third-order valence-corrected chi connectivity index (χ3v) is 3.04. The number of hydrogen-bond acceptors (Lipinski definition) is 5. The minimum atomic E-state index is -1.71. The Morgan fingerprint density at radius 3 is 1.90 bits per heavy atom. The van der Waals surface area contributed by atoms with Crippen LogP contribution >= 0.6 is 0 Å². The number of carbonyl (C=O) groups is 2. The molecule has 1 aromatic rings. The number of benzene rings is 1. The second-order valence-electron chi connectivity index (χ2n) is 4.40. The Kier molecular flexibility index (Phi) is 6.88. The lowest BCUT2D eigenvalue weighted by Crippen LogP contribution is -2.50. The van der Waals surface area contributed by atoms with Crippen molar-refractivity contribution in [1.82, 2.24) is 0 Å². The van der Waals surface area contributed by atoms with Gasteiger partial charge in [0.15, 0.2) is 0 Å². The highest BCUT2D eigenvalue weighted by Crippen LogP contribution is 2.23. The summed E-state index contributed by atoms with van der Waals surface area (Å²) in [7, 11) is 0. The molecule has 0 heterocycles. The molecule has 1 rings (SSSR count). The van der Waals surface area contributed by atoms with E-state index in [1.54, 1.807) is 20.8 Å². The fourth-order valence-electron chi connectivity index (χ4n) is 1.87. The third kappa shape index (κ3) is 4.29. The molecular weight excluding hydrogens is 272 g/mol. The van der Waals surface area contributed by atoms with Crippen LogP contribution in [0.4, 0.5) is 0 Å². The summed E-state index contributed by atoms with van der Waals surface area (Å²) in [4.78, 5) is 24.4. The molecule has 116 valence electrons. The lowest BCUT2D eigenvalue weighted by molar-refractivity contribution is -0.193. The molecule has 0 aliphatic heterocycles. The first-order chi connectivity index (χ1) is 10.1. The molecule has 0 bridgehead atoms. The van der Waals surface area contributed by atoms with E-state index in [4.69, 9.17) is 14.2 Å². The number of esters is 2. The second-order valence-corrected chi connectivity index (χ2v) is 4.40. The normalized spacial score (nSPS) is 11.0. The molecule has 0 aliphatic carbocycles. The van der Waals surface area contributed by atoms with E-state index in [9.17, 15) is 9.59 Å². The van der Waals surface area contributed by atoms with E-state index in [0.29, 0.717) is 0 Å². The molecule has 1 aromatic carbocycles. The van der Waals surface area contributed by atoms with Crippen LogP contribution in [0.1, 0.15) is 32.8 Å². The molecular formula is C16H22O5. The number of rotatable bonds is 8. The second kappa shape index (κ2) is 8.42. The van der Waals surface area contributed by atoms with Gasteiger partial charge in [-0.2, -0.15) is 0 Å². The third-order valence-electron chi connectivity index (χ3n) is 3.04. The zero-order chi connectivity index (χ0) is 15.7. The molecule has 5 nitrogen and oxygen atoms in total. The van der Waals surface area contributed by atoms with Gasteiger partial charge in [0.2, 0.25) is 0 Å². The number of carbonyl (C=O) groups excluding carboxylic acids is 2. The summed E-state index contributed by atoms with van der Waals surface area (Å²) in [6, 6.07) is 9.32. The first kappa shape index (κ1) is 17.2. The summed E-state index contributed by atoms with van der Waals surface area (Å²) in [6.07, 6.45) is 0.150. The lowest BCUT2D eigenvalue weighted by atomic mass is 10.0. The largest absolute Gasteiger partial charge is 0.463 e. The van der Waals surface area contributed by atoms with E-state index in [1.807, 2.05) is 30.3 Å². The monoisotopic (exact) mass is 294 g/mol. The van der Waals surface area contributed by atoms with Crippen molar-refractivity contribution >= 4 is 11.9 Å². The smallest absolute Gasteiger partial charge is 0.350 e. The van der Waals surface area contributed by atoms with Gasteiger partial charge in [-0.25, -0.2) is 9.59 Å². The molecule has 0 saturated carbocycles. The molecule has 0 aliphatic rings. The van der Waals surface area contributed by atoms with Gasteiger partial charge in [0, 0.05) is 0 Å². The SMILES string of the molecule is CCOC(=O)C(CC)(OCc1ccccc1)C(=O)OCC. The maximum absolute atomic E-state index is 12.2. The zero-order valence-electron chi connectivity index (χ0n) is 12.8. The molecule has 0 saturated heterocycles. The molecule has 0 unspecified atom stereocenters. The van der Waals surface area contributed by atoms with Crippen LogP contribution in [0.2, 0.25) is 0 Å². The summed E-state index contributed by atoms with van der Waals surface area (Å²) in [5, 5.41) is 0. The van der Waals surface area contributed by atoms with Crippen LogP contribution in [0.15, 0.2) is 30.3 Å². The van der Waals surface area contributed by atoms with Crippen molar-refractivity contribution in [2.24, 2.45) is 0 Å². The molecule has 0 radical (unpaired) electrons. The Balaban J connectivity index is 2.94. The summed E-state index contributed by atoms with van der Waals surface area (Å²) >= 11 is 0. The van der Waals surface area contributed by atoms with Crippen molar-refractivity contribution in [3.05, 3.63) is 35.9 Å². The number of ether oxygens (including phenoxy) is 3. The lowest BCUT2D eigenvalue weighted by Gasteiger charge is -2.28. The molecule has 0 fully saturated rings. The minimum Gasteiger partial charge on any atom is -0.463 e. The minimum absolute atomic E-state index is 0.131. The molecule has 0 spiro atoms. The van der Waals surface area contributed by atoms with Crippen molar-refractivity contribution in [1.29, 1.82) is 0 Å². The van der Waals surface area contributed by atoms with Gasteiger partial charge in [-0.05, 0) is 25.8 Å². The van der Waals surface area contributed by atoms with Gasteiger partial charge in [0.25, 0.3) is 5.60 Å². The summed E-state index contributed by atoms with van der Waals surface area (Å²) < 4.78 is 15.6. The van der Waals surface area contributed by atoms with Crippen molar-refractivity contribution in [3.63, 3.8) is 0 Å². The molecule has 0 amide bonds. The summed E-state index contributed by atoms with van der Waals surface area (Å²) in [5.41, 5.74) is -0.842. The topological polar surface area (TPSA) is 61.8 Å². The van der Waals surface area contributed by atoms with Gasteiger partial charge in [-0.3, -0.25) is 0 Å². The van der Waals surface area contributed by atoms with Crippen molar-refractivity contribution in [2.45, 2.75) is 39.4 Å². The number of hydrogen-bond donors (Lipinski definition) is 0. The van der Waals surface area contributed by atoms with E-state index in [2.05, 4.69) is 0 Å². The Morgan fingerprint density at radius 2 is 1.48 bits per heavy atom.